The van der Waals surface area contributed by atoms with E-state index in [1.165, 1.54) is 31.5 Å². The molecule has 4 nitrogen and oxygen atoms in total. The van der Waals surface area contributed by atoms with Gasteiger partial charge in [-0.2, -0.15) is 5.10 Å². The van der Waals surface area contributed by atoms with Gasteiger partial charge in [0.25, 0.3) is 0 Å². The van der Waals surface area contributed by atoms with Gasteiger partial charge in [-0.3, -0.25) is 4.68 Å². The second kappa shape index (κ2) is 6.17. The highest BCUT2D eigenvalue weighted by Gasteiger charge is 2.17. The van der Waals surface area contributed by atoms with Crippen LogP contribution in [0.5, 0.6) is 0 Å². The molecule has 0 spiro atoms. The van der Waals surface area contributed by atoms with Crippen molar-refractivity contribution in [2.75, 3.05) is 26.7 Å². The predicted molar refractivity (Wildman–Crippen MR) is 70.1 cm³/mol. The summed E-state index contributed by atoms with van der Waals surface area (Å²) < 4.78 is 1.87. The smallest absolute Gasteiger partial charge is 0.0637 e. The summed E-state index contributed by atoms with van der Waals surface area (Å²) in [5.41, 5.74) is 1.18. The van der Waals surface area contributed by atoms with Gasteiger partial charge in [0.1, 0.15) is 0 Å². The fourth-order valence-corrected chi connectivity index (χ4v) is 2.48. The maximum absolute atomic E-state index is 4.38. The van der Waals surface area contributed by atoms with E-state index in [2.05, 4.69) is 28.4 Å². The number of hydrogen-bond donors (Lipinski definition) is 1. The minimum atomic E-state index is 0.729. The van der Waals surface area contributed by atoms with Gasteiger partial charge >= 0.3 is 0 Å². The molecule has 1 N–H and O–H groups in total. The lowest BCUT2D eigenvalue weighted by Gasteiger charge is -2.32. The molecule has 1 fully saturated rings. The Hall–Kier alpha value is -0.870. The Labute approximate surface area is 104 Å². The fourth-order valence-electron chi connectivity index (χ4n) is 2.48. The number of rotatable bonds is 5. The van der Waals surface area contributed by atoms with Crippen LogP contribution < -0.4 is 5.32 Å². The predicted octanol–water partition coefficient (Wildman–Crippen LogP) is 1.04. The van der Waals surface area contributed by atoms with E-state index in [1.54, 1.807) is 0 Å². The summed E-state index contributed by atoms with van der Waals surface area (Å²) in [6.07, 6.45) is 7.12. The first-order valence-corrected chi connectivity index (χ1v) is 6.65. The Kier molecular flexibility index (Phi) is 4.57. The van der Waals surface area contributed by atoms with Gasteiger partial charge in [0.2, 0.25) is 0 Å². The number of piperidine rings is 1. The van der Waals surface area contributed by atoms with Crippen molar-refractivity contribution < 1.29 is 0 Å². The summed E-state index contributed by atoms with van der Waals surface area (Å²) in [7, 11) is 4.21. The quantitative estimate of drug-likeness (QED) is 0.775. The number of hydrogen-bond acceptors (Lipinski definition) is 3. The standard InChI is InChI=1S/C13H24N4/c1-16-9-4-3-5-13(16)11-14-8-6-12-7-10-17(2)15-12/h7,10,13-14H,3-6,8-9,11H2,1-2H3. The van der Waals surface area contributed by atoms with E-state index < -0.39 is 0 Å². The van der Waals surface area contributed by atoms with Crippen LogP contribution in [0.15, 0.2) is 12.3 Å². The second-order valence-electron chi connectivity index (χ2n) is 5.07. The molecule has 1 aliphatic heterocycles. The van der Waals surface area contributed by atoms with Gasteiger partial charge < -0.3 is 10.2 Å². The van der Waals surface area contributed by atoms with E-state index in [1.807, 2.05) is 17.9 Å². The normalized spacial score (nSPS) is 21.9. The summed E-state index contributed by atoms with van der Waals surface area (Å²) >= 11 is 0. The Balaban J connectivity index is 1.62. The van der Waals surface area contributed by atoms with Crippen LogP contribution in [0.25, 0.3) is 0 Å². The molecule has 1 unspecified atom stereocenters. The molecule has 2 heterocycles. The fraction of sp³-hybridized carbons (Fsp3) is 0.769. The minimum absolute atomic E-state index is 0.729. The minimum Gasteiger partial charge on any atom is -0.315 e. The lowest BCUT2D eigenvalue weighted by Crippen LogP contribution is -2.43. The van der Waals surface area contributed by atoms with E-state index in [-0.39, 0.29) is 0 Å². The molecule has 0 saturated carbocycles. The first kappa shape index (κ1) is 12.6. The molecule has 0 aliphatic carbocycles. The summed E-state index contributed by atoms with van der Waals surface area (Å²) in [4.78, 5) is 2.48. The molecule has 1 saturated heterocycles. The maximum atomic E-state index is 4.38. The molecule has 1 aromatic rings. The van der Waals surface area contributed by atoms with Crippen molar-refractivity contribution in [3.05, 3.63) is 18.0 Å². The van der Waals surface area contributed by atoms with Gasteiger partial charge in [0.05, 0.1) is 5.69 Å². The SMILES string of the molecule is CN1CCCCC1CNCCc1ccn(C)n1. The van der Waals surface area contributed by atoms with Crippen LogP contribution in [0.2, 0.25) is 0 Å². The lowest BCUT2D eigenvalue weighted by molar-refractivity contribution is 0.182. The average molecular weight is 236 g/mol. The molecule has 4 heteroatoms. The van der Waals surface area contributed by atoms with E-state index in [0.29, 0.717) is 0 Å². The third-order valence-electron chi connectivity index (χ3n) is 3.63. The topological polar surface area (TPSA) is 33.1 Å². The monoisotopic (exact) mass is 236 g/mol. The number of aromatic nitrogens is 2. The molecule has 2 rings (SSSR count). The molecule has 17 heavy (non-hydrogen) atoms. The van der Waals surface area contributed by atoms with Crippen LogP contribution >= 0.6 is 0 Å². The van der Waals surface area contributed by atoms with Crippen LogP contribution in [0.3, 0.4) is 0 Å². The van der Waals surface area contributed by atoms with Crippen molar-refractivity contribution >= 4 is 0 Å². The van der Waals surface area contributed by atoms with Crippen molar-refractivity contribution in [2.45, 2.75) is 31.7 Å². The highest BCUT2D eigenvalue weighted by Crippen LogP contribution is 2.13. The van der Waals surface area contributed by atoms with Gasteiger partial charge in [0.15, 0.2) is 0 Å². The second-order valence-corrected chi connectivity index (χ2v) is 5.07. The third-order valence-corrected chi connectivity index (χ3v) is 3.63. The zero-order valence-electron chi connectivity index (χ0n) is 11.0. The summed E-state index contributed by atoms with van der Waals surface area (Å²) in [5, 5.41) is 7.93. The largest absolute Gasteiger partial charge is 0.315 e. The van der Waals surface area contributed by atoms with Crippen LogP contribution in [0.1, 0.15) is 25.0 Å². The van der Waals surface area contributed by atoms with Gasteiger partial charge in [-0.25, -0.2) is 0 Å². The maximum Gasteiger partial charge on any atom is 0.0637 e. The van der Waals surface area contributed by atoms with E-state index >= 15 is 0 Å². The number of likely N-dealkylation sites (N-methyl/N-ethyl adjacent to an activating group) is 1. The Morgan fingerprint density at radius 1 is 1.41 bits per heavy atom. The third kappa shape index (κ3) is 3.82. The van der Waals surface area contributed by atoms with Crippen molar-refractivity contribution in [1.82, 2.24) is 20.0 Å². The molecular formula is C13H24N4. The summed E-state index contributed by atoms with van der Waals surface area (Å²) in [5.74, 6) is 0. The Morgan fingerprint density at radius 2 is 2.29 bits per heavy atom. The Morgan fingerprint density at radius 3 is 3.00 bits per heavy atom. The molecule has 1 atom stereocenters. The van der Waals surface area contributed by atoms with Gasteiger partial charge in [-0.15, -0.1) is 0 Å². The number of aryl methyl sites for hydroxylation is 1. The molecule has 0 radical (unpaired) electrons. The summed E-state index contributed by atoms with van der Waals surface area (Å²) in [6.45, 7) is 3.40. The van der Waals surface area contributed by atoms with E-state index in [4.69, 9.17) is 0 Å². The number of nitrogens with zero attached hydrogens (tertiary/aromatic N) is 3. The van der Waals surface area contributed by atoms with Crippen molar-refractivity contribution in [2.24, 2.45) is 7.05 Å². The lowest BCUT2D eigenvalue weighted by atomic mass is 10.0. The van der Waals surface area contributed by atoms with Crippen LogP contribution in [0, 0.1) is 0 Å². The number of likely N-dealkylation sites (tertiary alicyclic amines) is 1. The molecule has 1 aromatic heterocycles. The van der Waals surface area contributed by atoms with Gasteiger partial charge in [-0.1, -0.05) is 6.42 Å². The van der Waals surface area contributed by atoms with Gasteiger partial charge in [-0.05, 0) is 32.5 Å². The average Bonchev–Trinajstić information content (AvgIpc) is 2.73. The van der Waals surface area contributed by atoms with Crippen molar-refractivity contribution in [1.29, 1.82) is 0 Å². The first-order valence-electron chi connectivity index (χ1n) is 6.65. The molecule has 0 bridgehead atoms. The molecular weight excluding hydrogens is 212 g/mol. The van der Waals surface area contributed by atoms with Crippen molar-refractivity contribution in [3.63, 3.8) is 0 Å². The van der Waals surface area contributed by atoms with E-state index in [0.717, 1.165) is 25.6 Å². The molecule has 96 valence electrons. The highest BCUT2D eigenvalue weighted by atomic mass is 15.2. The summed E-state index contributed by atoms with van der Waals surface area (Å²) in [6, 6.07) is 2.82. The van der Waals surface area contributed by atoms with Crippen LogP contribution in [-0.2, 0) is 13.5 Å². The molecule has 0 amide bonds. The Bertz CT molecular complexity index is 334. The van der Waals surface area contributed by atoms with E-state index in [9.17, 15) is 0 Å². The molecule has 1 aliphatic rings. The van der Waals surface area contributed by atoms with Gasteiger partial charge in [0, 0.05) is 38.8 Å². The zero-order chi connectivity index (χ0) is 12.1. The van der Waals surface area contributed by atoms with Crippen LogP contribution in [0.4, 0.5) is 0 Å². The zero-order valence-corrected chi connectivity index (χ0v) is 11.0. The first-order chi connectivity index (χ1) is 8.25. The molecule has 0 aromatic carbocycles. The van der Waals surface area contributed by atoms with Crippen LogP contribution in [-0.4, -0.2) is 47.4 Å². The number of nitrogens with one attached hydrogen (secondary N) is 1. The highest BCUT2D eigenvalue weighted by molar-refractivity contribution is 4.99. The van der Waals surface area contributed by atoms with Crippen molar-refractivity contribution in [3.8, 4) is 0 Å².